The molecule has 1 aromatic rings. The van der Waals surface area contributed by atoms with Gasteiger partial charge in [0, 0.05) is 12.0 Å². The van der Waals surface area contributed by atoms with Gasteiger partial charge >= 0.3 is 6.18 Å². The molecule has 0 aliphatic heterocycles. The molecule has 1 aliphatic rings. The van der Waals surface area contributed by atoms with Gasteiger partial charge in [-0.25, -0.2) is 8.78 Å². The lowest BCUT2D eigenvalue weighted by molar-refractivity contribution is -0.137. The second-order valence-corrected chi connectivity index (χ2v) is 4.67. The largest absolute Gasteiger partial charge is 0.416 e. The van der Waals surface area contributed by atoms with E-state index in [1.54, 1.807) is 0 Å². The first kappa shape index (κ1) is 13.3. The Morgan fingerprint density at radius 3 is 2.00 bits per heavy atom. The normalized spacial score (nSPS) is 17.0. The molecule has 1 aromatic carbocycles. The van der Waals surface area contributed by atoms with Crippen LogP contribution in [0.15, 0.2) is 18.2 Å². The molecular weight excluding hydrogens is 251 g/mol. The molecule has 0 unspecified atom stereocenters. The van der Waals surface area contributed by atoms with E-state index >= 15 is 0 Å². The van der Waals surface area contributed by atoms with Crippen molar-refractivity contribution in [3.05, 3.63) is 34.9 Å². The van der Waals surface area contributed by atoms with Gasteiger partial charge < -0.3 is 0 Å². The summed E-state index contributed by atoms with van der Waals surface area (Å²) >= 11 is 0. The van der Waals surface area contributed by atoms with E-state index in [0.717, 1.165) is 18.9 Å². The van der Waals surface area contributed by atoms with Crippen LogP contribution in [0.4, 0.5) is 22.0 Å². The molecule has 1 fully saturated rings. The van der Waals surface area contributed by atoms with E-state index in [1.165, 1.54) is 13.0 Å². The van der Waals surface area contributed by atoms with Gasteiger partial charge in [-0.3, -0.25) is 0 Å². The van der Waals surface area contributed by atoms with Gasteiger partial charge in [0.05, 0.1) is 5.56 Å². The fourth-order valence-corrected chi connectivity index (χ4v) is 1.88. The SMILES string of the molecule is CCC(F)(F)c1cc(C2CC2)cc(C(F)(F)F)c1. The Morgan fingerprint density at radius 1 is 1.00 bits per heavy atom. The van der Waals surface area contributed by atoms with Crippen molar-refractivity contribution in [2.45, 2.75) is 44.2 Å². The fourth-order valence-electron chi connectivity index (χ4n) is 1.88. The van der Waals surface area contributed by atoms with E-state index in [4.69, 9.17) is 0 Å². The minimum absolute atomic E-state index is 0.0127. The Labute approximate surface area is 102 Å². The van der Waals surface area contributed by atoms with Gasteiger partial charge in [0.15, 0.2) is 0 Å². The monoisotopic (exact) mass is 264 g/mol. The standard InChI is InChI=1S/C13H13F5/c1-2-12(14,15)10-5-9(8-3-4-8)6-11(7-10)13(16,17)18/h5-8H,2-4H2,1H3. The molecule has 0 radical (unpaired) electrons. The zero-order chi connectivity index (χ0) is 13.6. The molecule has 0 nitrogen and oxygen atoms in total. The molecular formula is C13H13F5. The first-order valence-electron chi connectivity index (χ1n) is 5.84. The Balaban J connectivity index is 2.49. The molecule has 0 N–H and O–H groups in total. The minimum Gasteiger partial charge on any atom is -0.201 e. The van der Waals surface area contributed by atoms with Gasteiger partial charge in [-0.2, -0.15) is 13.2 Å². The van der Waals surface area contributed by atoms with Crippen molar-refractivity contribution in [2.24, 2.45) is 0 Å². The molecule has 0 spiro atoms. The predicted octanol–water partition coefficient (Wildman–Crippen LogP) is 5.08. The van der Waals surface area contributed by atoms with Gasteiger partial charge in [-0.05, 0) is 42.5 Å². The van der Waals surface area contributed by atoms with Gasteiger partial charge in [0.2, 0.25) is 0 Å². The van der Waals surface area contributed by atoms with Crippen LogP contribution in [0.3, 0.4) is 0 Å². The molecule has 0 aromatic heterocycles. The lowest BCUT2D eigenvalue weighted by atomic mass is 9.97. The third kappa shape index (κ3) is 2.65. The quantitative estimate of drug-likeness (QED) is 0.667. The van der Waals surface area contributed by atoms with Crippen molar-refractivity contribution in [1.29, 1.82) is 0 Å². The molecule has 1 aliphatic carbocycles. The zero-order valence-electron chi connectivity index (χ0n) is 9.82. The molecule has 1 saturated carbocycles. The average molecular weight is 264 g/mol. The minimum atomic E-state index is -4.58. The van der Waals surface area contributed by atoms with Crippen LogP contribution in [0.1, 0.15) is 48.8 Å². The van der Waals surface area contributed by atoms with Crippen LogP contribution in [0.5, 0.6) is 0 Å². The number of halogens is 5. The lowest BCUT2D eigenvalue weighted by Gasteiger charge is -2.18. The Morgan fingerprint density at radius 2 is 1.56 bits per heavy atom. The highest BCUT2D eigenvalue weighted by Gasteiger charge is 2.37. The van der Waals surface area contributed by atoms with Gasteiger partial charge in [0.1, 0.15) is 0 Å². The summed E-state index contributed by atoms with van der Waals surface area (Å²) in [4.78, 5) is 0. The third-order valence-corrected chi connectivity index (χ3v) is 3.20. The van der Waals surface area contributed by atoms with Crippen molar-refractivity contribution in [2.75, 3.05) is 0 Å². The second-order valence-electron chi connectivity index (χ2n) is 4.67. The summed E-state index contributed by atoms with van der Waals surface area (Å²) < 4.78 is 65.1. The highest BCUT2D eigenvalue weighted by molar-refractivity contribution is 5.37. The Kier molecular flexibility index (Phi) is 3.11. The number of alkyl halides is 5. The average Bonchev–Trinajstić information content (AvgIpc) is 3.11. The van der Waals surface area contributed by atoms with E-state index in [-0.39, 0.29) is 5.92 Å². The molecule has 2 rings (SSSR count). The van der Waals surface area contributed by atoms with Crippen LogP contribution in [0.25, 0.3) is 0 Å². The highest BCUT2D eigenvalue weighted by Crippen LogP contribution is 2.44. The van der Waals surface area contributed by atoms with Crippen LogP contribution < -0.4 is 0 Å². The number of hydrogen-bond donors (Lipinski definition) is 0. The summed E-state index contributed by atoms with van der Waals surface area (Å²) in [6.45, 7) is 1.26. The van der Waals surface area contributed by atoms with E-state index in [0.29, 0.717) is 11.6 Å². The lowest BCUT2D eigenvalue weighted by Crippen LogP contribution is -2.15. The van der Waals surface area contributed by atoms with E-state index in [2.05, 4.69) is 0 Å². The molecule has 0 saturated heterocycles. The van der Waals surface area contributed by atoms with Crippen LogP contribution >= 0.6 is 0 Å². The molecule has 5 heteroatoms. The number of rotatable bonds is 3. The Bertz CT molecular complexity index is 443. The van der Waals surface area contributed by atoms with Crippen molar-refractivity contribution >= 4 is 0 Å². The van der Waals surface area contributed by atoms with Gasteiger partial charge in [0.25, 0.3) is 5.92 Å². The molecule has 0 atom stereocenters. The molecule has 0 amide bonds. The first-order chi connectivity index (χ1) is 8.24. The van der Waals surface area contributed by atoms with E-state index in [1.807, 2.05) is 0 Å². The van der Waals surface area contributed by atoms with Crippen molar-refractivity contribution in [3.63, 3.8) is 0 Å². The topological polar surface area (TPSA) is 0 Å². The molecule has 18 heavy (non-hydrogen) atoms. The van der Waals surface area contributed by atoms with Gasteiger partial charge in [-0.1, -0.05) is 6.92 Å². The van der Waals surface area contributed by atoms with Gasteiger partial charge in [-0.15, -0.1) is 0 Å². The number of hydrogen-bond acceptors (Lipinski definition) is 0. The second kappa shape index (κ2) is 4.21. The third-order valence-electron chi connectivity index (χ3n) is 3.20. The summed E-state index contributed by atoms with van der Waals surface area (Å²) in [5.41, 5.74) is -1.12. The number of benzene rings is 1. The molecule has 0 heterocycles. The Hall–Kier alpha value is -1.13. The van der Waals surface area contributed by atoms with Crippen molar-refractivity contribution in [1.82, 2.24) is 0 Å². The van der Waals surface area contributed by atoms with Crippen molar-refractivity contribution < 1.29 is 22.0 Å². The maximum atomic E-state index is 13.5. The smallest absolute Gasteiger partial charge is 0.201 e. The summed E-state index contributed by atoms with van der Waals surface area (Å²) in [5, 5.41) is 0. The molecule has 100 valence electrons. The highest BCUT2D eigenvalue weighted by atomic mass is 19.4. The molecule has 0 bridgehead atoms. The fraction of sp³-hybridized carbons (Fsp3) is 0.538. The van der Waals surface area contributed by atoms with E-state index in [9.17, 15) is 22.0 Å². The van der Waals surface area contributed by atoms with Crippen LogP contribution in [0.2, 0.25) is 0 Å². The zero-order valence-corrected chi connectivity index (χ0v) is 9.82. The summed E-state index contributed by atoms with van der Waals surface area (Å²) in [5.74, 6) is -3.19. The summed E-state index contributed by atoms with van der Waals surface area (Å²) in [7, 11) is 0. The van der Waals surface area contributed by atoms with E-state index < -0.39 is 29.6 Å². The van der Waals surface area contributed by atoms with Crippen LogP contribution in [0, 0.1) is 0 Å². The predicted molar refractivity (Wildman–Crippen MR) is 57.6 cm³/mol. The van der Waals surface area contributed by atoms with Crippen LogP contribution in [-0.2, 0) is 12.1 Å². The van der Waals surface area contributed by atoms with Crippen LogP contribution in [-0.4, -0.2) is 0 Å². The summed E-state index contributed by atoms with van der Waals surface area (Å²) in [6, 6.07) is 2.78. The maximum Gasteiger partial charge on any atom is 0.416 e. The van der Waals surface area contributed by atoms with Crippen molar-refractivity contribution in [3.8, 4) is 0 Å². The maximum absolute atomic E-state index is 13.5. The first-order valence-corrected chi connectivity index (χ1v) is 5.84. The summed E-state index contributed by atoms with van der Waals surface area (Å²) in [6.07, 6.45) is -3.53.